The first kappa shape index (κ1) is 12.7. The van der Waals surface area contributed by atoms with E-state index in [0.717, 1.165) is 0 Å². The second-order valence-electron chi connectivity index (χ2n) is 3.16. The summed E-state index contributed by atoms with van der Waals surface area (Å²) in [5.74, 6) is -0.664. The van der Waals surface area contributed by atoms with Crippen molar-refractivity contribution >= 4 is 33.4 Å². The Morgan fingerprint density at radius 1 is 1.38 bits per heavy atom. The number of ketones is 1. The van der Waals surface area contributed by atoms with E-state index in [1.807, 2.05) is 0 Å². The van der Waals surface area contributed by atoms with E-state index in [4.69, 9.17) is 5.73 Å². The Kier molecular flexibility index (Phi) is 4.49. The van der Waals surface area contributed by atoms with Gasteiger partial charge in [-0.3, -0.25) is 4.79 Å². The lowest BCUT2D eigenvalue weighted by atomic mass is 10.0. The SMILES string of the molecule is COC(=O)c1ccc(N)cc1C(=O)CCBr. The van der Waals surface area contributed by atoms with Crippen molar-refractivity contribution in [3.05, 3.63) is 29.3 Å². The summed E-state index contributed by atoms with van der Waals surface area (Å²) in [7, 11) is 1.28. The molecular formula is C11H12BrNO3. The summed E-state index contributed by atoms with van der Waals surface area (Å²) in [6.07, 6.45) is 0.313. The van der Waals surface area contributed by atoms with E-state index in [-0.39, 0.29) is 11.3 Å². The van der Waals surface area contributed by atoms with Gasteiger partial charge in [-0.25, -0.2) is 4.79 Å². The van der Waals surface area contributed by atoms with E-state index < -0.39 is 5.97 Å². The minimum absolute atomic E-state index is 0.135. The van der Waals surface area contributed by atoms with Crippen molar-refractivity contribution in [2.75, 3.05) is 18.2 Å². The number of esters is 1. The number of halogens is 1. The Morgan fingerprint density at radius 2 is 2.06 bits per heavy atom. The predicted molar refractivity (Wildman–Crippen MR) is 64.9 cm³/mol. The number of hydrogen-bond donors (Lipinski definition) is 1. The van der Waals surface area contributed by atoms with Crippen molar-refractivity contribution in [1.82, 2.24) is 0 Å². The molecule has 0 bridgehead atoms. The molecular weight excluding hydrogens is 274 g/mol. The molecule has 0 aliphatic rings. The van der Waals surface area contributed by atoms with Gasteiger partial charge in [-0.1, -0.05) is 15.9 Å². The Hall–Kier alpha value is -1.36. The fourth-order valence-corrected chi connectivity index (χ4v) is 1.66. The van der Waals surface area contributed by atoms with Crippen LogP contribution in [0, 0.1) is 0 Å². The highest BCUT2D eigenvalue weighted by Crippen LogP contribution is 2.17. The van der Waals surface area contributed by atoms with Crippen molar-refractivity contribution in [2.45, 2.75) is 6.42 Å². The number of nitrogens with two attached hydrogens (primary N) is 1. The van der Waals surface area contributed by atoms with E-state index >= 15 is 0 Å². The summed E-state index contributed by atoms with van der Waals surface area (Å²) >= 11 is 3.18. The molecule has 0 aliphatic heterocycles. The van der Waals surface area contributed by atoms with E-state index in [1.54, 1.807) is 6.07 Å². The van der Waals surface area contributed by atoms with Crippen LogP contribution in [-0.2, 0) is 4.74 Å². The third kappa shape index (κ3) is 2.82. The Morgan fingerprint density at radius 3 is 2.62 bits per heavy atom. The molecule has 0 aromatic heterocycles. The zero-order chi connectivity index (χ0) is 12.1. The monoisotopic (exact) mass is 285 g/mol. The zero-order valence-corrected chi connectivity index (χ0v) is 10.4. The van der Waals surface area contributed by atoms with Gasteiger partial charge in [0.1, 0.15) is 0 Å². The molecule has 0 amide bonds. The maximum atomic E-state index is 11.7. The van der Waals surface area contributed by atoms with Gasteiger partial charge in [0, 0.05) is 23.0 Å². The van der Waals surface area contributed by atoms with Crippen LogP contribution in [0.1, 0.15) is 27.1 Å². The van der Waals surface area contributed by atoms with E-state index in [9.17, 15) is 9.59 Å². The highest BCUT2D eigenvalue weighted by molar-refractivity contribution is 9.09. The molecule has 0 unspecified atom stereocenters. The fraction of sp³-hybridized carbons (Fsp3) is 0.273. The van der Waals surface area contributed by atoms with Gasteiger partial charge in [0.05, 0.1) is 12.7 Å². The van der Waals surface area contributed by atoms with Crippen LogP contribution in [0.25, 0.3) is 0 Å². The van der Waals surface area contributed by atoms with Crippen molar-refractivity contribution < 1.29 is 14.3 Å². The average Bonchev–Trinajstić information content (AvgIpc) is 2.28. The number of benzene rings is 1. The number of rotatable bonds is 4. The number of alkyl halides is 1. The van der Waals surface area contributed by atoms with E-state index in [1.165, 1.54) is 19.2 Å². The quantitative estimate of drug-likeness (QED) is 0.398. The molecule has 0 saturated heterocycles. The van der Waals surface area contributed by atoms with Gasteiger partial charge in [0.25, 0.3) is 0 Å². The third-order valence-electron chi connectivity index (χ3n) is 2.07. The van der Waals surface area contributed by atoms with Crippen LogP contribution in [0.15, 0.2) is 18.2 Å². The summed E-state index contributed by atoms with van der Waals surface area (Å²) in [5, 5.41) is 0.543. The normalized spacial score (nSPS) is 9.88. The topological polar surface area (TPSA) is 69.4 Å². The second kappa shape index (κ2) is 5.65. The lowest BCUT2D eigenvalue weighted by Gasteiger charge is -2.07. The summed E-state index contributed by atoms with van der Waals surface area (Å²) in [4.78, 5) is 23.2. The molecule has 86 valence electrons. The predicted octanol–water partition coefficient (Wildman–Crippen LogP) is 2.02. The number of ether oxygens (including phenoxy) is 1. The molecule has 0 saturated carbocycles. The van der Waals surface area contributed by atoms with Gasteiger partial charge in [-0.15, -0.1) is 0 Å². The molecule has 16 heavy (non-hydrogen) atoms. The number of nitrogen functional groups attached to an aromatic ring is 1. The molecule has 1 aromatic rings. The number of carbonyl (C=O) groups is 2. The third-order valence-corrected chi connectivity index (χ3v) is 2.47. The van der Waals surface area contributed by atoms with E-state index in [2.05, 4.69) is 20.7 Å². The molecule has 1 aromatic carbocycles. The van der Waals surface area contributed by atoms with Crippen LogP contribution in [0.5, 0.6) is 0 Å². The largest absolute Gasteiger partial charge is 0.465 e. The van der Waals surface area contributed by atoms with Crippen LogP contribution in [0.4, 0.5) is 5.69 Å². The number of hydrogen-bond acceptors (Lipinski definition) is 4. The smallest absolute Gasteiger partial charge is 0.338 e. The van der Waals surface area contributed by atoms with Gasteiger partial charge in [0.2, 0.25) is 0 Å². The minimum Gasteiger partial charge on any atom is -0.465 e. The van der Waals surface area contributed by atoms with Gasteiger partial charge in [-0.05, 0) is 18.2 Å². The maximum Gasteiger partial charge on any atom is 0.338 e. The maximum absolute atomic E-state index is 11.7. The van der Waals surface area contributed by atoms with Crippen LogP contribution < -0.4 is 5.73 Å². The first-order valence-corrected chi connectivity index (χ1v) is 5.79. The van der Waals surface area contributed by atoms with Gasteiger partial charge >= 0.3 is 5.97 Å². The first-order valence-electron chi connectivity index (χ1n) is 4.67. The molecule has 0 spiro atoms. The molecule has 4 nitrogen and oxygen atoms in total. The molecule has 0 radical (unpaired) electrons. The summed E-state index contributed by atoms with van der Waals surface area (Å²) in [5.41, 5.74) is 6.60. The van der Waals surface area contributed by atoms with E-state index in [0.29, 0.717) is 23.0 Å². The van der Waals surface area contributed by atoms with Crippen molar-refractivity contribution in [2.24, 2.45) is 0 Å². The van der Waals surface area contributed by atoms with Crippen LogP contribution in [-0.4, -0.2) is 24.2 Å². The molecule has 0 fully saturated rings. The number of Topliss-reactive ketones (excluding diaryl/α,β-unsaturated/α-hetero) is 1. The lowest BCUT2D eigenvalue weighted by molar-refractivity contribution is 0.0597. The molecule has 5 heteroatoms. The summed E-state index contributed by atoms with van der Waals surface area (Å²) in [6.45, 7) is 0. The standard InChI is InChI=1S/C11H12BrNO3/c1-16-11(15)8-3-2-7(13)6-9(8)10(14)4-5-12/h2-3,6H,4-5,13H2,1H3. The molecule has 0 atom stereocenters. The highest BCUT2D eigenvalue weighted by atomic mass is 79.9. The average molecular weight is 286 g/mol. The zero-order valence-electron chi connectivity index (χ0n) is 8.83. The highest BCUT2D eigenvalue weighted by Gasteiger charge is 2.17. The second-order valence-corrected chi connectivity index (χ2v) is 3.95. The molecule has 1 rings (SSSR count). The Balaban J connectivity index is 3.17. The number of carbonyl (C=O) groups excluding carboxylic acids is 2. The van der Waals surface area contributed by atoms with Crippen LogP contribution in [0.3, 0.4) is 0 Å². The number of methoxy groups -OCH3 is 1. The first-order chi connectivity index (χ1) is 7.60. The minimum atomic E-state index is -0.530. The van der Waals surface area contributed by atoms with Gasteiger partial charge in [0.15, 0.2) is 5.78 Å². The lowest BCUT2D eigenvalue weighted by Crippen LogP contribution is -2.11. The molecule has 0 heterocycles. The van der Waals surface area contributed by atoms with Gasteiger partial charge < -0.3 is 10.5 Å². The van der Waals surface area contributed by atoms with Crippen molar-refractivity contribution in [1.29, 1.82) is 0 Å². The van der Waals surface area contributed by atoms with Crippen LogP contribution >= 0.6 is 15.9 Å². The van der Waals surface area contributed by atoms with Crippen molar-refractivity contribution in [3.8, 4) is 0 Å². The summed E-state index contributed by atoms with van der Waals surface area (Å²) in [6, 6.07) is 4.57. The van der Waals surface area contributed by atoms with Gasteiger partial charge in [-0.2, -0.15) is 0 Å². The molecule has 2 N–H and O–H groups in total. The summed E-state index contributed by atoms with van der Waals surface area (Å²) < 4.78 is 4.60. The Labute approximate surface area is 102 Å². The van der Waals surface area contributed by atoms with Crippen LogP contribution in [0.2, 0.25) is 0 Å². The fourth-order valence-electron chi connectivity index (χ4n) is 1.30. The Bertz CT molecular complexity index is 418. The number of anilines is 1. The van der Waals surface area contributed by atoms with Crippen molar-refractivity contribution in [3.63, 3.8) is 0 Å². The molecule has 0 aliphatic carbocycles.